The number of hydrogen-bond acceptors (Lipinski definition) is 6. The van der Waals surface area contributed by atoms with E-state index in [1.807, 2.05) is 45.0 Å². The van der Waals surface area contributed by atoms with Gasteiger partial charge >= 0.3 is 11.6 Å². The standard InChI is InChI=1S/C25H25NO6/c1-4-30-19-9-5-17(6-10-19)7-12-23(27)31-20-11-8-18-13-21(24(28)26-15-16(2)3)25(29)32-22(18)14-20/h5-14,16H,4,15H2,1-3H3,(H,26,28)/b12-7+. The fourth-order valence-electron chi connectivity index (χ4n) is 2.86. The monoisotopic (exact) mass is 435 g/mol. The first-order chi connectivity index (χ1) is 15.4. The largest absolute Gasteiger partial charge is 0.494 e. The molecular weight excluding hydrogens is 410 g/mol. The number of esters is 1. The van der Waals surface area contributed by atoms with Crippen LogP contribution in [0.25, 0.3) is 17.0 Å². The average Bonchev–Trinajstić information content (AvgIpc) is 2.76. The first-order valence-electron chi connectivity index (χ1n) is 10.3. The summed E-state index contributed by atoms with van der Waals surface area (Å²) in [6.45, 7) is 6.86. The van der Waals surface area contributed by atoms with Crippen molar-refractivity contribution in [2.45, 2.75) is 20.8 Å². The van der Waals surface area contributed by atoms with Crippen LogP contribution in [0.3, 0.4) is 0 Å². The number of rotatable bonds is 8. The molecule has 7 heteroatoms. The van der Waals surface area contributed by atoms with E-state index in [0.29, 0.717) is 18.5 Å². The topological polar surface area (TPSA) is 94.8 Å². The van der Waals surface area contributed by atoms with Crippen LogP contribution in [0.5, 0.6) is 11.5 Å². The number of ether oxygens (including phenoxy) is 2. The van der Waals surface area contributed by atoms with Crippen molar-refractivity contribution in [2.24, 2.45) is 5.92 Å². The Bertz CT molecular complexity index is 1190. The molecular formula is C25H25NO6. The van der Waals surface area contributed by atoms with E-state index in [1.54, 1.807) is 18.2 Å². The molecule has 0 radical (unpaired) electrons. The van der Waals surface area contributed by atoms with Crippen molar-refractivity contribution >= 4 is 28.9 Å². The SMILES string of the molecule is CCOc1ccc(/C=C/C(=O)Oc2ccc3cc(C(=O)NCC(C)C)c(=O)oc3c2)cc1. The summed E-state index contributed by atoms with van der Waals surface area (Å²) in [4.78, 5) is 36.6. The predicted molar refractivity (Wildman–Crippen MR) is 122 cm³/mol. The summed E-state index contributed by atoms with van der Waals surface area (Å²) in [5.74, 6) is 0.172. The molecule has 0 aliphatic carbocycles. The molecule has 0 saturated heterocycles. The van der Waals surface area contributed by atoms with Crippen molar-refractivity contribution in [3.05, 3.63) is 76.2 Å². The van der Waals surface area contributed by atoms with E-state index >= 15 is 0 Å². The van der Waals surface area contributed by atoms with Crippen molar-refractivity contribution in [2.75, 3.05) is 13.2 Å². The smallest absolute Gasteiger partial charge is 0.349 e. The summed E-state index contributed by atoms with van der Waals surface area (Å²) >= 11 is 0. The average molecular weight is 435 g/mol. The zero-order valence-corrected chi connectivity index (χ0v) is 18.2. The highest BCUT2D eigenvalue weighted by molar-refractivity contribution is 5.97. The zero-order chi connectivity index (χ0) is 23.1. The van der Waals surface area contributed by atoms with E-state index in [9.17, 15) is 14.4 Å². The quantitative estimate of drug-likeness (QED) is 0.247. The first kappa shape index (κ1) is 22.8. The second-order valence-corrected chi connectivity index (χ2v) is 7.51. The van der Waals surface area contributed by atoms with E-state index in [1.165, 1.54) is 18.2 Å². The summed E-state index contributed by atoms with van der Waals surface area (Å²) in [7, 11) is 0. The minimum Gasteiger partial charge on any atom is -0.494 e. The molecule has 0 saturated carbocycles. The van der Waals surface area contributed by atoms with Crippen LogP contribution in [-0.4, -0.2) is 25.0 Å². The van der Waals surface area contributed by atoms with Crippen LogP contribution in [-0.2, 0) is 4.79 Å². The third kappa shape index (κ3) is 6.07. The molecule has 1 heterocycles. The molecule has 1 aromatic heterocycles. The van der Waals surface area contributed by atoms with E-state index in [4.69, 9.17) is 13.9 Å². The molecule has 1 amide bonds. The Morgan fingerprint density at radius 3 is 2.47 bits per heavy atom. The number of amides is 1. The normalized spacial score (nSPS) is 11.1. The Kier molecular flexibility index (Phi) is 7.44. The number of nitrogens with one attached hydrogen (secondary N) is 1. The Balaban J connectivity index is 1.69. The highest BCUT2D eigenvalue weighted by atomic mass is 16.5. The van der Waals surface area contributed by atoms with Gasteiger partial charge in [-0.25, -0.2) is 9.59 Å². The molecule has 2 aromatic carbocycles. The van der Waals surface area contributed by atoms with Crippen LogP contribution >= 0.6 is 0 Å². The number of carbonyl (C=O) groups excluding carboxylic acids is 2. The van der Waals surface area contributed by atoms with Gasteiger partial charge in [0.1, 0.15) is 22.6 Å². The van der Waals surface area contributed by atoms with Gasteiger partial charge in [0.15, 0.2) is 0 Å². The van der Waals surface area contributed by atoms with Gasteiger partial charge in [0.05, 0.1) is 6.61 Å². The number of carbonyl (C=O) groups is 2. The predicted octanol–water partition coefficient (Wildman–Crippen LogP) is 4.20. The molecule has 32 heavy (non-hydrogen) atoms. The minimum absolute atomic E-state index is 0.0683. The molecule has 0 unspecified atom stereocenters. The Hall–Kier alpha value is -3.87. The van der Waals surface area contributed by atoms with Crippen molar-refractivity contribution in [3.63, 3.8) is 0 Å². The summed E-state index contributed by atoms with van der Waals surface area (Å²) in [5.41, 5.74) is 0.216. The van der Waals surface area contributed by atoms with Crippen molar-refractivity contribution in [1.29, 1.82) is 0 Å². The van der Waals surface area contributed by atoms with Gasteiger partial charge in [0.25, 0.3) is 5.91 Å². The van der Waals surface area contributed by atoms with Gasteiger partial charge in [-0.2, -0.15) is 0 Å². The van der Waals surface area contributed by atoms with Crippen LogP contribution in [0.1, 0.15) is 36.7 Å². The molecule has 1 N–H and O–H groups in total. The Labute approximate surface area is 185 Å². The third-order valence-corrected chi connectivity index (χ3v) is 4.44. The maximum atomic E-state index is 12.2. The molecule has 0 spiro atoms. The molecule has 3 rings (SSSR count). The van der Waals surface area contributed by atoms with E-state index in [-0.39, 0.29) is 22.8 Å². The van der Waals surface area contributed by atoms with Crippen molar-refractivity contribution in [1.82, 2.24) is 5.32 Å². The highest BCUT2D eigenvalue weighted by Crippen LogP contribution is 2.21. The lowest BCUT2D eigenvalue weighted by Crippen LogP contribution is -2.31. The zero-order valence-electron chi connectivity index (χ0n) is 18.2. The van der Waals surface area contributed by atoms with Gasteiger partial charge in [-0.15, -0.1) is 0 Å². The van der Waals surface area contributed by atoms with Crippen LogP contribution in [0.2, 0.25) is 0 Å². The van der Waals surface area contributed by atoms with Gasteiger partial charge in [0, 0.05) is 24.1 Å². The molecule has 0 atom stereocenters. The van der Waals surface area contributed by atoms with Crippen molar-refractivity contribution < 1.29 is 23.5 Å². The van der Waals surface area contributed by atoms with Crippen LogP contribution in [0, 0.1) is 5.92 Å². The molecule has 0 fully saturated rings. The van der Waals surface area contributed by atoms with E-state index in [2.05, 4.69) is 5.32 Å². The number of hydrogen-bond donors (Lipinski definition) is 1. The summed E-state index contributed by atoms with van der Waals surface area (Å²) in [5, 5.41) is 3.24. The van der Waals surface area contributed by atoms with Gasteiger partial charge in [0.2, 0.25) is 0 Å². The van der Waals surface area contributed by atoms with Gasteiger partial charge in [-0.1, -0.05) is 26.0 Å². The lowest BCUT2D eigenvalue weighted by atomic mass is 10.1. The van der Waals surface area contributed by atoms with Crippen LogP contribution in [0.4, 0.5) is 0 Å². The lowest BCUT2D eigenvalue weighted by Gasteiger charge is -2.08. The lowest BCUT2D eigenvalue weighted by molar-refractivity contribution is -0.128. The molecule has 166 valence electrons. The number of fused-ring (bicyclic) bond motifs is 1. The third-order valence-electron chi connectivity index (χ3n) is 4.44. The summed E-state index contributed by atoms with van der Waals surface area (Å²) in [6.07, 6.45) is 2.93. The molecule has 7 nitrogen and oxygen atoms in total. The van der Waals surface area contributed by atoms with Crippen LogP contribution in [0.15, 0.2) is 63.8 Å². The molecule has 0 aliphatic heterocycles. The highest BCUT2D eigenvalue weighted by Gasteiger charge is 2.14. The maximum Gasteiger partial charge on any atom is 0.349 e. The fraction of sp³-hybridized carbons (Fsp3) is 0.240. The van der Waals surface area contributed by atoms with E-state index in [0.717, 1.165) is 11.3 Å². The maximum absolute atomic E-state index is 12.2. The second-order valence-electron chi connectivity index (χ2n) is 7.51. The molecule has 3 aromatic rings. The Morgan fingerprint density at radius 1 is 1.06 bits per heavy atom. The van der Waals surface area contributed by atoms with Crippen molar-refractivity contribution in [3.8, 4) is 11.5 Å². The fourth-order valence-corrected chi connectivity index (χ4v) is 2.86. The van der Waals surface area contributed by atoms with Crippen LogP contribution < -0.4 is 20.4 Å². The second kappa shape index (κ2) is 10.4. The summed E-state index contributed by atoms with van der Waals surface area (Å²) < 4.78 is 15.9. The van der Waals surface area contributed by atoms with Gasteiger partial charge in [-0.3, -0.25) is 4.79 Å². The van der Waals surface area contributed by atoms with Gasteiger partial charge < -0.3 is 19.2 Å². The summed E-state index contributed by atoms with van der Waals surface area (Å²) in [6, 6.07) is 13.4. The van der Waals surface area contributed by atoms with E-state index < -0.39 is 17.5 Å². The molecule has 0 aliphatic rings. The van der Waals surface area contributed by atoms with Gasteiger partial charge in [-0.05, 0) is 54.8 Å². The molecule has 0 bridgehead atoms. The Morgan fingerprint density at radius 2 is 1.78 bits per heavy atom. The minimum atomic E-state index is -0.752. The number of benzene rings is 2. The first-order valence-corrected chi connectivity index (χ1v) is 10.3.